The van der Waals surface area contributed by atoms with Gasteiger partial charge in [-0.3, -0.25) is 4.99 Å². The summed E-state index contributed by atoms with van der Waals surface area (Å²) in [6.07, 6.45) is 1.72. The fourth-order valence-corrected chi connectivity index (χ4v) is 2.82. The molecule has 1 aromatic rings. The van der Waals surface area contributed by atoms with Crippen molar-refractivity contribution in [3.8, 4) is 5.88 Å². The van der Waals surface area contributed by atoms with Crippen molar-refractivity contribution >= 4 is 27.8 Å². The van der Waals surface area contributed by atoms with Gasteiger partial charge in [0.2, 0.25) is 11.8 Å². The highest BCUT2D eigenvalue weighted by Gasteiger charge is 2.22. The zero-order valence-corrected chi connectivity index (χ0v) is 16.0. The summed E-state index contributed by atoms with van der Waals surface area (Å²) in [4.78, 5) is 17.5. The predicted octanol–water partition coefficient (Wildman–Crippen LogP) is 0.982. The lowest BCUT2D eigenvalue weighted by atomic mass is 10.3. The number of aromatic nitrogens is 2. The van der Waals surface area contributed by atoms with Crippen LogP contribution in [0.3, 0.4) is 0 Å². The molecule has 1 aromatic heterocycles. The number of halogens is 1. The Morgan fingerprint density at radius 1 is 1.38 bits per heavy atom. The molecule has 9 heteroatoms. The van der Waals surface area contributed by atoms with Crippen molar-refractivity contribution in [2.45, 2.75) is 6.92 Å². The summed E-state index contributed by atoms with van der Waals surface area (Å²) in [5.74, 6) is 2.15. The Morgan fingerprint density at radius 3 is 2.75 bits per heavy atom. The maximum Gasteiger partial charge on any atom is 0.232 e. The monoisotopic (exact) mass is 400 g/mol. The second-order valence-corrected chi connectivity index (χ2v) is 6.03. The summed E-state index contributed by atoms with van der Waals surface area (Å²) in [5, 5.41) is 3.33. The van der Waals surface area contributed by atoms with Crippen molar-refractivity contribution in [1.29, 1.82) is 0 Å². The molecule has 8 nitrogen and oxygen atoms in total. The SMILES string of the molecule is CCOCCNC(=NC)N1CCN(c2ncc(Br)c(OC)n2)CC1. The molecule has 2 heterocycles. The lowest BCUT2D eigenvalue weighted by molar-refractivity contribution is 0.151. The molecule has 0 aliphatic carbocycles. The van der Waals surface area contributed by atoms with Crippen LogP contribution in [0.1, 0.15) is 6.92 Å². The minimum absolute atomic E-state index is 0.552. The fourth-order valence-electron chi connectivity index (χ4n) is 2.47. The zero-order valence-electron chi connectivity index (χ0n) is 14.5. The number of guanidine groups is 1. The smallest absolute Gasteiger partial charge is 0.232 e. The van der Waals surface area contributed by atoms with E-state index in [0.29, 0.717) is 18.4 Å². The molecule has 0 unspecified atom stereocenters. The van der Waals surface area contributed by atoms with Gasteiger partial charge in [-0.25, -0.2) is 4.98 Å². The normalized spacial score (nSPS) is 15.6. The van der Waals surface area contributed by atoms with Crippen LogP contribution in [-0.2, 0) is 4.74 Å². The summed E-state index contributed by atoms with van der Waals surface area (Å²) in [7, 11) is 3.41. The van der Waals surface area contributed by atoms with Crippen molar-refractivity contribution < 1.29 is 9.47 Å². The maximum atomic E-state index is 5.35. The van der Waals surface area contributed by atoms with Gasteiger partial charge in [0.1, 0.15) is 0 Å². The van der Waals surface area contributed by atoms with Crippen LogP contribution in [-0.4, -0.2) is 80.9 Å². The van der Waals surface area contributed by atoms with Gasteiger partial charge in [0.25, 0.3) is 0 Å². The van der Waals surface area contributed by atoms with Crippen molar-refractivity contribution in [3.05, 3.63) is 10.7 Å². The molecule has 0 bridgehead atoms. The molecule has 1 saturated heterocycles. The number of hydrogen-bond donors (Lipinski definition) is 1. The van der Waals surface area contributed by atoms with E-state index in [0.717, 1.165) is 49.8 Å². The first-order valence-electron chi connectivity index (χ1n) is 8.04. The molecule has 1 fully saturated rings. The summed E-state index contributed by atoms with van der Waals surface area (Å²) in [5.41, 5.74) is 0. The molecule has 0 atom stereocenters. The van der Waals surface area contributed by atoms with E-state index in [-0.39, 0.29) is 0 Å². The van der Waals surface area contributed by atoms with E-state index in [4.69, 9.17) is 9.47 Å². The second kappa shape index (κ2) is 9.63. The van der Waals surface area contributed by atoms with Gasteiger partial charge in [-0.05, 0) is 22.9 Å². The minimum Gasteiger partial charge on any atom is -0.480 e. The molecular weight excluding hydrogens is 376 g/mol. The third-order valence-corrected chi connectivity index (χ3v) is 4.24. The van der Waals surface area contributed by atoms with Gasteiger partial charge in [-0.2, -0.15) is 4.98 Å². The average molecular weight is 401 g/mol. The number of ether oxygens (including phenoxy) is 2. The minimum atomic E-state index is 0.552. The van der Waals surface area contributed by atoms with Gasteiger partial charge >= 0.3 is 0 Å². The van der Waals surface area contributed by atoms with E-state index < -0.39 is 0 Å². The van der Waals surface area contributed by atoms with Crippen LogP contribution < -0.4 is 15.0 Å². The second-order valence-electron chi connectivity index (χ2n) is 5.17. The van der Waals surface area contributed by atoms with E-state index in [1.165, 1.54) is 0 Å². The van der Waals surface area contributed by atoms with Crippen LogP contribution in [0.2, 0.25) is 0 Å². The lowest BCUT2D eigenvalue weighted by Crippen LogP contribution is -2.53. The molecule has 24 heavy (non-hydrogen) atoms. The van der Waals surface area contributed by atoms with Crippen LogP contribution in [0.4, 0.5) is 5.95 Å². The Kier molecular flexibility index (Phi) is 7.51. The van der Waals surface area contributed by atoms with Crippen molar-refractivity contribution in [2.24, 2.45) is 4.99 Å². The van der Waals surface area contributed by atoms with E-state index in [1.807, 2.05) is 6.92 Å². The summed E-state index contributed by atoms with van der Waals surface area (Å²) in [6.45, 7) is 7.54. The number of nitrogens with zero attached hydrogens (tertiary/aromatic N) is 5. The van der Waals surface area contributed by atoms with Crippen LogP contribution in [0.5, 0.6) is 5.88 Å². The van der Waals surface area contributed by atoms with E-state index >= 15 is 0 Å². The third kappa shape index (κ3) is 4.94. The molecule has 0 saturated carbocycles. The Morgan fingerprint density at radius 2 is 2.12 bits per heavy atom. The highest BCUT2D eigenvalue weighted by atomic mass is 79.9. The van der Waals surface area contributed by atoms with Gasteiger partial charge < -0.3 is 24.6 Å². The maximum absolute atomic E-state index is 5.35. The third-order valence-electron chi connectivity index (χ3n) is 3.70. The molecule has 0 aromatic carbocycles. The highest BCUT2D eigenvalue weighted by Crippen LogP contribution is 2.23. The number of anilines is 1. The van der Waals surface area contributed by atoms with Crippen molar-refractivity contribution in [1.82, 2.24) is 20.2 Å². The van der Waals surface area contributed by atoms with Gasteiger partial charge in [0.15, 0.2) is 5.96 Å². The number of nitrogens with one attached hydrogen (secondary N) is 1. The predicted molar refractivity (Wildman–Crippen MR) is 97.9 cm³/mol. The quantitative estimate of drug-likeness (QED) is 0.433. The van der Waals surface area contributed by atoms with Gasteiger partial charge in [-0.1, -0.05) is 0 Å². The first-order valence-corrected chi connectivity index (χ1v) is 8.83. The molecule has 0 spiro atoms. The molecule has 134 valence electrons. The number of piperazine rings is 1. The number of rotatable bonds is 6. The Hall–Kier alpha value is -1.61. The largest absolute Gasteiger partial charge is 0.480 e. The topological polar surface area (TPSA) is 75.1 Å². The Balaban J connectivity index is 1.88. The van der Waals surface area contributed by atoms with Crippen LogP contribution in [0.15, 0.2) is 15.7 Å². The van der Waals surface area contributed by atoms with Crippen LogP contribution in [0, 0.1) is 0 Å². The summed E-state index contributed by atoms with van der Waals surface area (Å²) in [6, 6.07) is 0. The van der Waals surface area contributed by atoms with E-state index in [2.05, 4.69) is 46.0 Å². The standard InChI is InChI=1S/C15H25BrN6O2/c1-4-24-10-5-18-14(17-2)21-6-8-22(9-7-21)15-19-11-12(16)13(20-15)23-3/h11H,4-10H2,1-3H3,(H,17,18). The average Bonchev–Trinajstić information content (AvgIpc) is 2.62. The molecule has 0 amide bonds. The number of aliphatic imine (C=N–C) groups is 1. The summed E-state index contributed by atoms with van der Waals surface area (Å²) >= 11 is 3.38. The zero-order chi connectivity index (χ0) is 17.4. The molecular formula is C15H25BrN6O2. The first-order chi connectivity index (χ1) is 11.7. The van der Waals surface area contributed by atoms with Crippen molar-refractivity contribution in [2.75, 3.05) is 65.0 Å². The molecule has 2 rings (SSSR count). The number of methoxy groups -OCH3 is 1. The van der Waals surface area contributed by atoms with Gasteiger partial charge in [0.05, 0.1) is 24.4 Å². The highest BCUT2D eigenvalue weighted by molar-refractivity contribution is 9.10. The number of hydrogen-bond acceptors (Lipinski definition) is 6. The van der Waals surface area contributed by atoms with E-state index in [9.17, 15) is 0 Å². The van der Waals surface area contributed by atoms with E-state index in [1.54, 1.807) is 20.4 Å². The van der Waals surface area contributed by atoms with Gasteiger partial charge in [-0.15, -0.1) is 0 Å². The fraction of sp³-hybridized carbons (Fsp3) is 0.667. The molecule has 1 aliphatic heterocycles. The van der Waals surface area contributed by atoms with Gasteiger partial charge in [0, 0.05) is 46.4 Å². The van der Waals surface area contributed by atoms with Crippen molar-refractivity contribution in [3.63, 3.8) is 0 Å². The Labute approximate surface area is 151 Å². The first kappa shape index (κ1) is 18.7. The van der Waals surface area contributed by atoms with Crippen LogP contribution >= 0.6 is 15.9 Å². The Bertz CT molecular complexity index is 549. The molecule has 1 N–H and O–H groups in total. The lowest BCUT2D eigenvalue weighted by Gasteiger charge is -2.36. The molecule has 1 aliphatic rings. The summed E-state index contributed by atoms with van der Waals surface area (Å²) < 4.78 is 11.3. The van der Waals surface area contributed by atoms with Crippen LogP contribution in [0.25, 0.3) is 0 Å². The molecule has 0 radical (unpaired) electrons.